The molecule has 128 valence electrons. The van der Waals surface area contributed by atoms with Crippen LogP contribution in [0.4, 0.5) is 11.4 Å². The third-order valence-corrected chi connectivity index (χ3v) is 3.82. The van der Waals surface area contributed by atoms with Crippen molar-refractivity contribution in [3.63, 3.8) is 0 Å². The quantitative estimate of drug-likeness (QED) is 0.755. The highest BCUT2D eigenvalue weighted by molar-refractivity contribution is 6.35. The third-order valence-electron chi connectivity index (χ3n) is 3.34. The van der Waals surface area contributed by atoms with Crippen LogP contribution in [0.5, 0.6) is 0 Å². The molecule has 7 nitrogen and oxygen atoms in total. The summed E-state index contributed by atoms with van der Waals surface area (Å²) in [6, 6.07) is 5.10. The van der Waals surface area contributed by atoms with Crippen molar-refractivity contribution in [2.45, 2.75) is 0 Å². The lowest BCUT2D eigenvalue weighted by molar-refractivity contribution is 0.102. The van der Waals surface area contributed by atoms with Crippen molar-refractivity contribution in [1.29, 1.82) is 0 Å². The molecule has 0 atom stereocenters. The van der Waals surface area contributed by atoms with E-state index in [1.807, 2.05) is 25.1 Å². The molecule has 1 amide bonds. The van der Waals surface area contributed by atoms with Gasteiger partial charge in [-0.05, 0) is 18.2 Å². The number of carbonyl (C=O) groups excluding carboxylic acids is 1. The van der Waals surface area contributed by atoms with Crippen LogP contribution in [0.25, 0.3) is 5.82 Å². The number of hydrogen-bond acceptors (Lipinski definition) is 5. The summed E-state index contributed by atoms with van der Waals surface area (Å²) >= 11 is 11.9. The lowest BCUT2D eigenvalue weighted by Crippen LogP contribution is -2.15. The molecular formula is C16H14Cl2N6O. The summed E-state index contributed by atoms with van der Waals surface area (Å²) in [7, 11) is 3.79. The van der Waals surface area contributed by atoms with Gasteiger partial charge in [0.05, 0.1) is 28.1 Å². The molecule has 0 aliphatic carbocycles. The van der Waals surface area contributed by atoms with Gasteiger partial charge in [0.15, 0.2) is 5.82 Å². The molecule has 0 aliphatic heterocycles. The molecule has 0 aromatic carbocycles. The topological polar surface area (TPSA) is 75.9 Å². The molecule has 3 aromatic rings. The lowest BCUT2D eigenvalue weighted by Gasteiger charge is -2.12. The van der Waals surface area contributed by atoms with E-state index < -0.39 is 0 Å². The zero-order valence-corrected chi connectivity index (χ0v) is 15.0. The Morgan fingerprint density at radius 1 is 1.20 bits per heavy atom. The number of carbonyl (C=O) groups is 1. The minimum atomic E-state index is -0.335. The molecule has 3 aromatic heterocycles. The van der Waals surface area contributed by atoms with Crippen molar-refractivity contribution in [2.24, 2.45) is 0 Å². The first-order valence-electron chi connectivity index (χ1n) is 7.25. The predicted octanol–water partition coefficient (Wildman–Crippen LogP) is 3.29. The first kappa shape index (κ1) is 17.2. The van der Waals surface area contributed by atoms with E-state index in [0.717, 1.165) is 5.69 Å². The molecule has 0 bridgehead atoms. The van der Waals surface area contributed by atoms with Crippen LogP contribution in [0.15, 0.2) is 43.0 Å². The van der Waals surface area contributed by atoms with Gasteiger partial charge >= 0.3 is 0 Å². The normalized spacial score (nSPS) is 10.6. The molecule has 3 heterocycles. The Hall–Kier alpha value is -2.64. The van der Waals surface area contributed by atoms with Gasteiger partial charge in [0.2, 0.25) is 0 Å². The van der Waals surface area contributed by atoms with Crippen LogP contribution in [0.1, 0.15) is 10.5 Å². The van der Waals surface area contributed by atoms with Crippen molar-refractivity contribution < 1.29 is 4.79 Å². The van der Waals surface area contributed by atoms with Crippen LogP contribution in [0.2, 0.25) is 10.0 Å². The molecule has 9 heteroatoms. The van der Waals surface area contributed by atoms with E-state index in [-0.39, 0.29) is 5.91 Å². The van der Waals surface area contributed by atoms with E-state index in [4.69, 9.17) is 23.2 Å². The maximum absolute atomic E-state index is 12.4. The lowest BCUT2D eigenvalue weighted by atomic mass is 10.3. The Balaban J connectivity index is 1.79. The number of nitrogens with zero attached hydrogens (tertiary/aromatic N) is 5. The van der Waals surface area contributed by atoms with Gasteiger partial charge in [-0.2, -0.15) is 5.10 Å². The molecular weight excluding hydrogens is 363 g/mol. The van der Waals surface area contributed by atoms with Crippen molar-refractivity contribution in [3.05, 3.63) is 58.7 Å². The van der Waals surface area contributed by atoms with Crippen LogP contribution in [-0.4, -0.2) is 39.8 Å². The number of rotatable bonds is 4. The van der Waals surface area contributed by atoms with Crippen molar-refractivity contribution in [2.75, 3.05) is 24.3 Å². The highest BCUT2D eigenvalue weighted by Crippen LogP contribution is 2.22. The molecule has 0 saturated carbocycles. The van der Waals surface area contributed by atoms with Crippen molar-refractivity contribution in [3.8, 4) is 5.82 Å². The predicted molar refractivity (Wildman–Crippen MR) is 97.9 cm³/mol. The fourth-order valence-corrected chi connectivity index (χ4v) is 2.56. The number of halogens is 2. The Morgan fingerprint density at radius 3 is 2.72 bits per heavy atom. The minimum absolute atomic E-state index is 0.307. The average molecular weight is 377 g/mol. The van der Waals surface area contributed by atoms with Crippen molar-refractivity contribution in [1.82, 2.24) is 19.7 Å². The molecule has 0 unspecified atom stereocenters. The molecule has 0 fully saturated rings. The smallest absolute Gasteiger partial charge is 0.274 e. The van der Waals surface area contributed by atoms with Crippen LogP contribution in [0, 0.1) is 0 Å². The second-order valence-corrected chi connectivity index (χ2v) is 6.22. The van der Waals surface area contributed by atoms with Gasteiger partial charge in [-0.1, -0.05) is 23.2 Å². The van der Waals surface area contributed by atoms with Gasteiger partial charge < -0.3 is 10.2 Å². The number of hydrogen-bond donors (Lipinski definition) is 1. The molecule has 3 rings (SSSR count). The van der Waals surface area contributed by atoms with Crippen molar-refractivity contribution >= 4 is 40.5 Å². The molecule has 0 saturated heterocycles. The number of pyridine rings is 2. The molecule has 25 heavy (non-hydrogen) atoms. The summed E-state index contributed by atoms with van der Waals surface area (Å²) in [5, 5.41) is 7.69. The van der Waals surface area contributed by atoms with Gasteiger partial charge in [0.25, 0.3) is 5.91 Å². The average Bonchev–Trinajstić information content (AvgIpc) is 3.03. The van der Waals surface area contributed by atoms with Gasteiger partial charge in [-0.15, -0.1) is 0 Å². The zero-order chi connectivity index (χ0) is 18.0. The SMILES string of the molecule is CN(C)c1ccnc(C(=O)Nc2cnn(-c3ncc(Cl)cc3Cl)c2)c1. The Bertz CT molecular complexity index is 924. The number of aromatic nitrogens is 4. The van der Waals surface area contributed by atoms with Crippen LogP contribution in [0.3, 0.4) is 0 Å². The first-order valence-corrected chi connectivity index (χ1v) is 8.00. The summed E-state index contributed by atoms with van der Waals surface area (Å²) in [5.41, 5.74) is 1.68. The second kappa shape index (κ2) is 7.08. The maximum atomic E-state index is 12.4. The van der Waals surface area contributed by atoms with Gasteiger partial charge in [0, 0.05) is 32.2 Å². The zero-order valence-electron chi connectivity index (χ0n) is 13.4. The third kappa shape index (κ3) is 3.89. The van der Waals surface area contributed by atoms with Gasteiger partial charge in [0.1, 0.15) is 5.69 Å². The van der Waals surface area contributed by atoms with Gasteiger partial charge in [-0.3, -0.25) is 9.78 Å². The van der Waals surface area contributed by atoms with Crippen LogP contribution >= 0.6 is 23.2 Å². The summed E-state index contributed by atoms with van der Waals surface area (Å²) in [5.74, 6) is 0.0812. The summed E-state index contributed by atoms with van der Waals surface area (Å²) in [6.07, 6.45) is 6.17. The van der Waals surface area contributed by atoms with Gasteiger partial charge in [-0.25, -0.2) is 9.67 Å². The monoisotopic (exact) mass is 376 g/mol. The molecule has 0 spiro atoms. The molecule has 0 radical (unpaired) electrons. The van der Waals surface area contributed by atoms with E-state index in [0.29, 0.717) is 27.2 Å². The van der Waals surface area contributed by atoms with E-state index in [2.05, 4.69) is 20.4 Å². The fraction of sp³-hybridized carbons (Fsp3) is 0.125. The van der Waals surface area contributed by atoms with E-state index in [9.17, 15) is 4.79 Å². The Labute approximate surface area is 154 Å². The van der Waals surface area contributed by atoms with E-state index >= 15 is 0 Å². The maximum Gasteiger partial charge on any atom is 0.274 e. The number of anilines is 2. The highest BCUT2D eigenvalue weighted by atomic mass is 35.5. The fourth-order valence-electron chi connectivity index (χ4n) is 2.10. The number of nitrogens with one attached hydrogen (secondary N) is 1. The largest absolute Gasteiger partial charge is 0.378 e. The molecule has 1 N–H and O–H groups in total. The van der Waals surface area contributed by atoms with E-state index in [1.165, 1.54) is 17.1 Å². The summed E-state index contributed by atoms with van der Waals surface area (Å²) < 4.78 is 1.46. The summed E-state index contributed by atoms with van der Waals surface area (Å²) in [4.78, 5) is 22.5. The minimum Gasteiger partial charge on any atom is -0.378 e. The number of amides is 1. The Morgan fingerprint density at radius 2 is 2.00 bits per heavy atom. The first-order chi connectivity index (χ1) is 11.9. The van der Waals surface area contributed by atoms with Crippen LogP contribution < -0.4 is 10.2 Å². The summed E-state index contributed by atoms with van der Waals surface area (Å²) in [6.45, 7) is 0. The second-order valence-electron chi connectivity index (χ2n) is 5.38. The highest BCUT2D eigenvalue weighted by Gasteiger charge is 2.12. The van der Waals surface area contributed by atoms with E-state index in [1.54, 1.807) is 24.5 Å². The Kier molecular flexibility index (Phi) is 4.87. The van der Waals surface area contributed by atoms with Crippen LogP contribution in [-0.2, 0) is 0 Å². The standard InChI is InChI=1S/C16H14Cl2N6O/c1-23(2)12-3-4-19-14(6-12)16(25)22-11-8-21-24(9-11)15-13(18)5-10(17)7-20-15/h3-9H,1-2H3,(H,22,25). The molecule has 0 aliphatic rings.